The average Bonchev–Trinajstić information content (AvgIpc) is 2.32. The lowest BCUT2D eigenvalue weighted by molar-refractivity contribution is 1.23. The maximum absolute atomic E-state index is 5.88. The van der Waals surface area contributed by atoms with E-state index in [1.54, 1.807) is 11.3 Å². The molecule has 2 aromatic rings. The first-order chi connectivity index (χ1) is 5.70. The summed E-state index contributed by atoms with van der Waals surface area (Å²) in [7, 11) is 0. The molecule has 0 aliphatic heterocycles. The van der Waals surface area contributed by atoms with E-state index in [1.807, 2.05) is 6.92 Å². The van der Waals surface area contributed by atoms with E-state index >= 15 is 0 Å². The van der Waals surface area contributed by atoms with Crippen molar-refractivity contribution in [2.75, 3.05) is 0 Å². The van der Waals surface area contributed by atoms with Crippen LogP contribution >= 0.6 is 38.9 Å². The fourth-order valence-electron chi connectivity index (χ4n) is 0.964. The Bertz CT molecular complexity index is 440. The Morgan fingerprint density at radius 3 is 2.92 bits per heavy atom. The molecule has 0 N–H and O–H groups in total. The van der Waals surface area contributed by atoms with Crippen molar-refractivity contribution in [2.45, 2.75) is 6.92 Å². The highest BCUT2D eigenvalue weighted by Crippen LogP contribution is 2.36. The van der Waals surface area contributed by atoms with Gasteiger partial charge in [0, 0.05) is 4.88 Å². The molecule has 2 heterocycles. The van der Waals surface area contributed by atoms with Gasteiger partial charge >= 0.3 is 0 Å². The Balaban J connectivity index is 2.95. The summed E-state index contributed by atoms with van der Waals surface area (Å²) in [6.45, 7) is 2.02. The van der Waals surface area contributed by atoms with Gasteiger partial charge in [-0.1, -0.05) is 11.6 Å². The quantitative estimate of drug-likeness (QED) is 0.681. The zero-order chi connectivity index (χ0) is 8.72. The van der Waals surface area contributed by atoms with Gasteiger partial charge in [0.05, 0.1) is 9.17 Å². The number of thiophene rings is 1. The van der Waals surface area contributed by atoms with Crippen molar-refractivity contribution in [3.05, 3.63) is 20.8 Å². The summed E-state index contributed by atoms with van der Waals surface area (Å²) in [6.07, 6.45) is 1.47. The van der Waals surface area contributed by atoms with Crippen LogP contribution in [-0.4, -0.2) is 9.97 Å². The van der Waals surface area contributed by atoms with Crippen LogP contribution in [0.15, 0.2) is 10.8 Å². The molecular formula is C7H4BrClN2S. The molecule has 5 heteroatoms. The van der Waals surface area contributed by atoms with E-state index in [0.29, 0.717) is 5.15 Å². The summed E-state index contributed by atoms with van der Waals surface area (Å²) < 4.78 is 1.97. The van der Waals surface area contributed by atoms with Crippen LogP contribution < -0.4 is 0 Å². The summed E-state index contributed by atoms with van der Waals surface area (Å²) in [5.74, 6) is 0. The lowest BCUT2D eigenvalue weighted by Crippen LogP contribution is -1.78. The van der Waals surface area contributed by atoms with Crippen LogP contribution in [0.2, 0.25) is 5.15 Å². The molecule has 0 unspecified atom stereocenters. The lowest BCUT2D eigenvalue weighted by atomic mass is 10.4. The molecule has 0 spiro atoms. The molecule has 0 atom stereocenters. The fraction of sp³-hybridized carbons (Fsp3) is 0.143. The summed E-state index contributed by atoms with van der Waals surface area (Å²) in [6, 6.07) is 0. The van der Waals surface area contributed by atoms with Crippen molar-refractivity contribution in [2.24, 2.45) is 0 Å². The zero-order valence-electron chi connectivity index (χ0n) is 6.14. The second-order valence-corrected chi connectivity index (χ2v) is 4.69. The first-order valence-electron chi connectivity index (χ1n) is 3.25. The molecule has 2 nitrogen and oxygen atoms in total. The number of hydrogen-bond donors (Lipinski definition) is 0. The molecule has 0 bridgehead atoms. The number of nitrogens with zero attached hydrogens (tertiary/aromatic N) is 2. The highest BCUT2D eigenvalue weighted by Gasteiger charge is 2.10. The molecule has 0 amide bonds. The molecule has 12 heavy (non-hydrogen) atoms. The molecule has 0 saturated heterocycles. The molecule has 2 rings (SSSR count). The van der Waals surface area contributed by atoms with E-state index in [-0.39, 0.29) is 0 Å². The Morgan fingerprint density at radius 1 is 1.50 bits per heavy atom. The van der Waals surface area contributed by atoms with Crippen LogP contribution in [-0.2, 0) is 0 Å². The van der Waals surface area contributed by atoms with Gasteiger partial charge in [0.1, 0.15) is 17.0 Å². The first-order valence-corrected chi connectivity index (χ1v) is 5.24. The summed E-state index contributed by atoms with van der Waals surface area (Å²) >= 11 is 10.9. The van der Waals surface area contributed by atoms with Gasteiger partial charge in [-0.15, -0.1) is 11.3 Å². The molecule has 0 saturated carbocycles. The molecule has 0 radical (unpaired) electrons. The molecule has 0 fully saturated rings. The molecular weight excluding hydrogens is 260 g/mol. The molecule has 62 valence electrons. The smallest absolute Gasteiger partial charge is 0.150 e. The third kappa shape index (κ3) is 1.14. The van der Waals surface area contributed by atoms with E-state index in [9.17, 15) is 0 Å². The van der Waals surface area contributed by atoms with E-state index in [4.69, 9.17) is 11.6 Å². The van der Waals surface area contributed by atoms with Gasteiger partial charge in [-0.25, -0.2) is 9.97 Å². The van der Waals surface area contributed by atoms with E-state index in [0.717, 1.165) is 14.7 Å². The minimum absolute atomic E-state index is 0.527. The minimum Gasteiger partial charge on any atom is -0.234 e. The third-order valence-corrected chi connectivity index (χ3v) is 4.27. The van der Waals surface area contributed by atoms with Gasteiger partial charge < -0.3 is 0 Å². The van der Waals surface area contributed by atoms with Crippen molar-refractivity contribution >= 4 is 49.1 Å². The number of aryl methyl sites for hydroxylation is 1. The Kier molecular flexibility index (Phi) is 2.06. The van der Waals surface area contributed by atoms with Gasteiger partial charge in [0.25, 0.3) is 0 Å². The minimum atomic E-state index is 0.527. The largest absolute Gasteiger partial charge is 0.234 e. The standard InChI is InChI=1S/C7H4BrClN2S/c1-3-4(8)5-6(12-3)7(9)11-2-10-5/h2H,1H3. The fourth-order valence-corrected chi connectivity index (χ4v) is 2.77. The predicted molar refractivity (Wildman–Crippen MR) is 54.9 cm³/mol. The van der Waals surface area contributed by atoms with Crippen molar-refractivity contribution in [3.63, 3.8) is 0 Å². The normalized spacial score (nSPS) is 10.9. The van der Waals surface area contributed by atoms with Crippen LogP contribution in [0, 0.1) is 6.92 Å². The summed E-state index contributed by atoms with van der Waals surface area (Å²) in [5, 5.41) is 0.527. The van der Waals surface area contributed by atoms with Crippen molar-refractivity contribution in [1.82, 2.24) is 9.97 Å². The third-order valence-electron chi connectivity index (χ3n) is 1.53. The topological polar surface area (TPSA) is 25.8 Å². The van der Waals surface area contributed by atoms with Crippen molar-refractivity contribution in [1.29, 1.82) is 0 Å². The van der Waals surface area contributed by atoms with Crippen LogP contribution in [0.4, 0.5) is 0 Å². The molecule has 2 aromatic heterocycles. The van der Waals surface area contributed by atoms with Gasteiger partial charge in [0.15, 0.2) is 0 Å². The van der Waals surface area contributed by atoms with Crippen molar-refractivity contribution < 1.29 is 0 Å². The second kappa shape index (κ2) is 2.94. The summed E-state index contributed by atoms with van der Waals surface area (Å²) in [5.41, 5.74) is 0.900. The van der Waals surface area contributed by atoms with Gasteiger partial charge in [-0.05, 0) is 22.9 Å². The van der Waals surface area contributed by atoms with Crippen LogP contribution in [0.25, 0.3) is 10.2 Å². The van der Waals surface area contributed by atoms with E-state index < -0.39 is 0 Å². The first kappa shape index (κ1) is 8.41. The highest BCUT2D eigenvalue weighted by molar-refractivity contribution is 9.10. The zero-order valence-corrected chi connectivity index (χ0v) is 9.29. The Morgan fingerprint density at radius 2 is 2.25 bits per heavy atom. The predicted octanol–water partition coefficient (Wildman–Crippen LogP) is 3.42. The summed E-state index contributed by atoms with van der Waals surface area (Å²) in [4.78, 5) is 9.21. The number of rotatable bonds is 0. The molecule has 0 aliphatic rings. The maximum atomic E-state index is 5.88. The average molecular weight is 264 g/mol. The highest BCUT2D eigenvalue weighted by atomic mass is 79.9. The SMILES string of the molecule is Cc1sc2c(Cl)ncnc2c1Br. The van der Waals surface area contributed by atoms with Crippen molar-refractivity contribution in [3.8, 4) is 0 Å². The Hall–Kier alpha value is -0.190. The lowest BCUT2D eigenvalue weighted by Gasteiger charge is -1.89. The molecule has 0 aromatic carbocycles. The second-order valence-electron chi connectivity index (χ2n) is 2.31. The van der Waals surface area contributed by atoms with Gasteiger partial charge in [0.2, 0.25) is 0 Å². The molecule has 0 aliphatic carbocycles. The van der Waals surface area contributed by atoms with Gasteiger partial charge in [-0.2, -0.15) is 0 Å². The van der Waals surface area contributed by atoms with E-state index in [1.165, 1.54) is 11.2 Å². The Labute approximate surface area is 86.7 Å². The van der Waals surface area contributed by atoms with Crippen LogP contribution in [0.5, 0.6) is 0 Å². The monoisotopic (exact) mass is 262 g/mol. The van der Waals surface area contributed by atoms with E-state index in [2.05, 4.69) is 25.9 Å². The number of aromatic nitrogens is 2. The number of fused-ring (bicyclic) bond motifs is 1. The number of hydrogen-bond acceptors (Lipinski definition) is 3. The van der Waals surface area contributed by atoms with Crippen LogP contribution in [0.1, 0.15) is 4.88 Å². The number of halogens is 2. The van der Waals surface area contributed by atoms with Crippen LogP contribution in [0.3, 0.4) is 0 Å². The maximum Gasteiger partial charge on any atom is 0.150 e. The van der Waals surface area contributed by atoms with Gasteiger partial charge in [-0.3, -0.25) is 0 Å².